The van der Waals surface area contributed by atoms with Crippen LogP contribution in [0.25, 0.3) is 11.3 Å². The van der Waals surface area contributed by atoms with Crippen LogP contribution in [-0.4, -0.2) is 35.4 Å². The fraction of sp³-hybridized carbons (Fsp3) is 0.474. The number of hydrogen-bond acceptors (Lipinski definition) is 4. The Morgan fingerprint density at radius 1 is 1.32 bits per heavy atom. The van der Waals surface area contributed by atoms with Crippen LogP contribution in [0.15, 0.2) is 34.9 Å². The van der Waals surface area contributed by atoms with Gasteiger partial charge < -0.3 is 15.1 Å². The number of oxazole rings is 1. The molecule has 0 fully saturated rings. The number of carbonyl (C=O) groups excluding carboxylic acids is 1. The normalized spacial score (nSPS) is 12.4. The van der Waals surface area contributed by atoms with Crippen molar-refractivity contribution in [3.8, 4) is 11.3 Å². The van der Waals surface area contributed by atoms with Gasteiger partial charge in [0.25, 0.3) is 0 Å². The van der Waals surface area contributed by atoms with Gasteiger partial charge in [-0.1, -0.05) is 25.4 Å². The molecule has 0 saturated carbocycles. The van der Waals surface area contributed by atoms with E-state index in [1.165, 1.54) is 0 Å². The van der Waals surface area contributed by atoms with Crippen molar-refractivity contribution in [2.75, 3.05) is 13.6 Å². The number of rotatable bonds is 8. The van der Waals surface area contributed by atoms with Gasteiger partial charge >= 0.3 is 0 Å². The van der Waals surface area contributed by atoms with Crippen LogP contribution in [0.2, 0.25) is 5.02 Å². The highest BCUT2D eigenvalue weighted by Gasteiger charge is 2.14. The molecule has 5 nitrogen and oxygen atoms in total. The lowest BCUT2D eigenvalue weighted by Crippen LogP contribution is -2.34. The van der Waals surface area contributed by atoms with Crippen molar-refractivity contribution < 1.29 is 9.21 Å². The van der Waals surface area contributed by atoms with Crippen LogP contribution in [0.5, 0.6) is 0 Å². The molecule has 0 aliphatic heterocycles. The van der Waals surface area contributed by atoms with E-state index in [4.69, 9.17) is 21.8 Å². The van der Waals surface area contributed by atoms with E-state index in [9.17, 15) is 4.79 Å². The summed E-state index contributed by atoms with van der Waals surface area (Å²) >= 11 is 5.88. The summed E-state index contributed by atoms with van der Waals surface area (Å²) in [5.41, 5.74) is 6.94. The van der Waals surface area contributed by atoms with Gasteiger partial charge in [-0.25, -0.2) is 4.98 Å². The SMILES string of the molecule is CC(C)C(N)CCN(C)C(=O)CCc1ncc(-c2ccc(Cl)cc2)o1. The number of carbonyl (C=O) groups is 1. The molecule has 1 unspecified atom stereocenters. The average molecular weight is 364 g/mol. The predicted molar refractivity (Wildman–Crippen MR) is 100 cm³/mol. The molecule has 0 bridgehead atoms. The van der Waals surface area contributed by atoms with E-state index in [2.05, 4.69) is 18.8 Å². The second-order valence-electron chi connectivity index (χ2n) is 6.64. The van der Waals surface area contributed by atoms with Crippen molar-refractivity contribution in [3.63, 3.8) is 0 Å². The minimum absolute atomic E-state index is 0.0715. The molecule has 6 heteroatoms. The average Bonchev–Trinajstić information content (AvgIpc) is 3.06. The number of hydrogen-bond donors (Lipinski definition) is 1. The molecule has 2 aromatic rings. The first kappa shape index (κ1) is 19.5. The highest BCUT2D eigenvalue weighted by atomic mass is 35.5. The van der Waals surface area contributed by atoms with Crippen molar-refractivity contribution >= 4 is 17.5 Å². The molecule has 0 spiro atoms. The van der Waals surface area contributed by atoms with E-state index in [1.807, 2.05) is 19.2 Å². The number of aryl methyl sites for hydroxylation is 1. The van der Waals surface area contributed by atoms with Gasteiger partial charge in [-0.15, -0.1) is 0 Å². The Morgan fingerprint density at radius 3 is 2.64 bits per heavy atom. The second-order valence-corrected chi connectivity index (χ2v) is 7.07. The molecule has 0 aliphatic carbocycles. The summed E-state index contributed by atoms with van der Waals surface area (Å²) in [5, 5.41) is 0.675. The minimum atomic E-state index is 0.0715. The lowest BCUT2D eigenvalue weighted by atomic mass is 10.0. The van der Waals surface area contributed by atoms with Gasteiger partial charge in [0.1, 0.15) is 0 Å². The maximum absolute atomic E-state index is 12.2. The molecule has 2 N–H and O–H groups in total. The number of nitrogens with two attached hydrogens (primary N) is 1. The Labute approximate surface area is 154 Å². The summed E-state index contributed by atoms with van der Waals surface area (Å²) in [7, 11) is 1.81. The van der Waals surface area contributed by atoms with Crippen LogP contribution in [-0.2, 0) is 11.2 Å². The van der Waals surface area contributed by atoms with Gasteiger partial charge in [0, 0.05) is 43.1 Å². The van der Waals surface area contributed by atoms with Crippen molar-refractivity contribution in [2.45, 2.75) is 39.2 Å². The predicted octanol–water partition coefficient (Wildman–Crippen LogP) is 3.76. The van der Waals surface area contributed by atoms with Crippen LogP contribution >= 0.6 is 11.6 Å². The third-order valence-corrected chi connectivity index (χ3v) is 4.57. The first-order valence-corrected chi connectivity index (χ1v) is 8.94. The highest BCUT2D eigenvalue weighted by molar-refractivity contribution is 6.30. The third-order valence-electron chi connectivity index (χ3n) is 4.31. The Bertz CT molecular complexity index is 682. The second kappa shape index (κ2) is 9.02. The number of halogens is 1. The molecule has 1 heterocycles. The summed E-state index contributed by atoms with van der Waals surface area (Å²) in [5.74, 6) is 1.73. The molecule has 136 valence electrons. The van der Waals surface area contributed by atoms with Crippen LogP contribution in [0.4, 0.5) is 0 Å². The molecule has 2 rings (SSSR count). The highest BCUT2D eigenvalue weighted by Crippen LogP contribution is 2.22. The van der Waals surface area contributed by atoms with E-state index < -0.39 is 0 Å². The van der Waals surface area contributed by atoms with E-state index in [0.29, 0.717) is 42.0 Å². The Hall–Kier alpha value is -1.85. The number of benzene rings is 1. The van der Waals surface area contributed by atoms with E-state index in [1.54, 1.807) is 23.2 Å². The maximum Gasteiger partial charge on any atom is 0.222 e. The minimum Gasteiger partial charge on any atom is -0.441 e. The van der Waals surface area contributed by atoms with E-state index in [-0.39, 0.29) is 11.9 Å². The van der Waals surface area contributed by atoms with Crippen LogP contribution in [0, 0.1) is 5.92 Å². The number of nitrogens with zero attached hydrogens (tertiary/aromatic N) is 2. The van der Waals surface area contributed by atoms with Crippen molar-refractivity contribution in [2.24, 2.45) is 11.7 Å². The van der Waals surface area contributed by atoms with E-state index in [0.717, 1.165) is 12.0 Å². The zero-order valence-corrected chi connectivity index (χ0v) is 15.8. The summed E-state index contributed by atoms with van der Waals surface area (Å²) in [6.07, 6.45) is 3.33. The molecular weight excluding hydrogens is 338 g/mol. The lowest BCUT2D eigenvalue weighted by molar-refractivity contribution is -0.130. The first-order chi connectivity index (χ1) is 11.9. The summed E-state index contributed by atoms with van der Waals surface area (Å²) in [6, 6.07) is 7.48. The first-order valence-electron chi connectivity index (χ1n) is 8.57. The lowest BCUT2D eigenvalue weighted by Gasteiger charge is -2.21. The number of aromatic nitrogens is 1. The topological polar surface area (TPSA) is 72.4 Å². The monoisotopic (exact) mass is 363 g/mol. The summed E-state index contributed by atoms with van der Waals surface area (Å²) in [4.78, 5) is 18.2. The van der Waals surface area contributed by atoms with Crippen molar-refractivity contribution in [3.05, 3.63) is 41.4 Å². The van der Waals surface area contributed by atoms with E-state index >= 15 is 0 Å². The fourth-order valence-corrected chi connectivity index (χ4v) is 2.50. The molecule has 1 amide bonds. The third kappa shape index (κ3) is 5.87. The summed E-state index contributed by atoms with van der Waals surface area (Å²) in [6.45, 7) is 4.85. The smallest absolute Gasteiger partial charge is 0.222 e. The van der Waals surface area contributed by atoms with Gasteiger partial charge in [0.15, 0.2) is 11.7 Å². The van der Waals surface area contributed by atoms with Gasteiger partial charge in [-0.05, 0) is 36.6 Å². The molecule has 1 aromatic carbocycles. The van der Waals surface area contributed by atoms with Crippen LogP contribution in [0.1, 0.15) is 32.6 Å². The Balaban J connectivity index is 1.83. The van der Waals surface area contributed by atoms with Crippen LogP contribution < -0.4 is 5.73 Å². The fourth-order valence-electron chi connectivity index (χ4n) is 2.38. The quantitative estimate of drug-likeness (QED) is 0.775. The Morgan fingerprint density at radius 2 is 2.00 bits per heavy atom. The summed E-state index contributed by atoms with van der Waals surface area (Å²) < 4.78 is 5.72. The maximum atomic E-state index is 12.2. The molecule has 0 saturated heterocycles. The zero-order valence-electron chi connectivity index (χ0n) is 15.0. The Kier molecular flexibility index (Phi) is 7.02. The van der Waals surface area contributed by atoms with Crippen LogP contribution in [0.3, 0.4) is 0 Å². The van der Waals surface area contributed by atoms with Gasteiger partial charge in [0.2, 0.25) is 5.91 Å². The molecule has 0 radical (unpaired) electrons. The number of amides is 1. The molecule has 0 aliphatic rings. The van der Waals surface area contributed by atoms with Gasteiger partial charge in [-0.3, -0.25) is 4.79 Å². The largest absolute Gasteiger partial charge is 0.441 e. The standard InChI is InChI=1S/C19H26ClN3O2/c1-13(2)16(21)10-11-23(3)19(24)9-8-18-22-12-17(25-18)14-4-6-15(20)7-5-14/h4-7,12-13,16H,8-11,21H2,1-3H3. The zero-order chi connectivity index (χ0) is 18.4. The van der Waals surface area contributed by atoms with Crippen molar-refractivity contribution in [1.82, 2.24) is 9.88 Å². The van der Waals surface area contributed by atoms with Gasteiger partial charge in [-0.2, -0.15) is 0 Å². The molecular formula is C19H26ClN3O2. The molecule has 25 heavy (non-hydrogen) atoms. The molecule has 1 aromatic heterocycles. The van der Waals surface area contributed by atoms with Crippen molar-refractivity contribution in [1.29, 1.82) is 0 Å². The molecule has 1 atom stereocenters. The van der Waals surface area contributed by atoms with Gasteiger partial charge in [0.05, 0.1) is 6.20 Å².